The average molecular weight is 464 g/mol. The average Bonchev–Trinajstić information content (AvgIpc) is 3.07. The highest BCUT2D eigenvalue weighted by Gasteiger charge is 2.28. The minimum absolute atomic E-state index is 0.0870. The molecule has 0 unspecified atom stereocenters. The molecule has 0 aromatic heterocycles. The molecule has 1 aliphatic heterocycles. The van der Waals surface area contributed by atoms with E-state index in [-0.39, 0.29) is 17.0 Å². The number of hydrogen-bond acceptors (Lipinski definition) is 6. The van der Waals surface area contributed by atoms with Gasteiger partial charge in [-0.3, -0.25) is 19.2 Å². The predicted molar refractivity (Wildman–Crippen MR) is 123 cm³/mol. The van der Waals surface area contributed by atoms with E-state index in [1.165, 1.54) is 22.1 Å². The van der Waals surface area contributed by atoms with Gasteiger partial charge < -0.3 is 5.32 Å². The van der Waals surface area contributed by atoms with Crippen LogP contribution in [0.25, 0.3) is 0 Å². The summed E-state index contributed by atoms with van der Waals surface area (Å²) < 4.78 is 25.4. The molecule has 1 fully saturated rings. The molecule has 0 atom stereocenters. The minimum Gasteiger partial charge on any atom is -0.322 e. The molecule has 166 valence electrons. The van der Waals surface area contributed by atoms with Gasteiger partial charge in [0.25, 0.3) is 11.6 Å². The van der Waals surface area contributed by atoms with Gasteiger partial charge in [-0.1, -0.05) is 13.8 Å². The largest absolute Gasteiger partial charge is 0.322 e. The van der Waals surface area contributed by atoms with Crippen LogP contribution < -0.4 is 9.62 Å². The maximum Gasteiger partial charge on any atom is 0.283 e. The Kier molecular flexibility index (Phi) is 7.22. The molecule has 2 aromatic rings. The van der Waals surface area contributed by atoms with Gasteiger partial charge in [0.1, 0.15) is 0 Å². The lowest BCUT2D eigenvalue weighted by Crippen LogP contribution is -2.25. The summed E-state index contributed by atoms with van der Waals surface area (Å²) in [5, 5.41) is 14.2. The van der Waals surface area contributed by atoms with Gasteiger partial charge in [-0.05, 0) is 60.9 Å². The van der Waals surface area contributed by atoms with Gasteiger partial charge in [0.2, 0.25) is 10.0 Å². The molecule has 10 heteroatoms. The number of hydrogen-bond donors (Lipinski definition) is 1. The van der Waals surface area contributed by atoms with Crippen molar-refractivity contribution < 1.29 is 18.1 Å². The van der Waals surface area contributed by atoms with Crippen LogP contribution in [0, 0.1) is 16.0 Å². The third-order valence-corrected chi connectivity index (χ3v) is 7.85. The van der Waals surface area contributed by atoms with E-state index in [1.807, 2.05) is 0 Å². The van der Waals surface area contributed by atoms with Gasteiger partial charge in [0, 0.05) is 23.9 Å². The Balaban J connectivity index is 1.71. The number of nitrogens with one attached hydrogen (secondary N) is 1. The van der Waals surface area contributed by atoms with Gasteiger partial charge in [-0.15, -0.1) is 11.8 Å². The van der Waals surface area contributed by atoms with Crippen LogP contribution in [0.2, 0.25) is 0 Å². The van der Waals surface area contributed by atoms with Crippen LogP contribution in [-0.2, 0) is 10.0 Å². The van der Waals surface area contributed by atoms with E-state index in [2.05, 4.69) is 19.2 Å². The Hall–Kier alpha value is -2.59. The quantitative estimate of drug-likeness (QED) is 0.350. The second-order valence-electron chi connectivity index (χ2n) is 7.71. The van der Waals surface area contributed by atoms with Crippen LogP contribution >= 0.6 is 11.8 Å². The Morgan fingerprint density at radius 2 is 1.94 bits per heavy atom. The number of benzene rings is 2. The van der Waals surface area contributed by atoms with Crippen molar-refractivity contribution in [2.24, 2.45) is 5.92 Å². The number of thioether (sulfide) groups is 1. The molecule has 3 rings (SSSR count). The number of carbonyl (C=O) groups is 1. The molecule has 1 saturated heterocycles. The first-order valence-electron chi connectivity index (χ1n) is 10.0. The summed E-state index contributed by atoms with van der Waals surface area (Å²) in [7, 11) is -3.27. The summed E-state index contributed by atoms with van der Waals surface area (Å²) >= 11 is 1.41. The third-order valence-electron chi connectivity index (χ3n) is 4.88. The lowest BCUT2D eigenvalue weighted by molar-refractivity contribution is -0.387. The molecule has 8 nitrogen and oxygen atoms in total. The fourth-order valence-electron chi connectivity index (χ4n) is 3.17. The fraction of sp³-hybridized carbons (Fsp3) is 0.381. The standard InChI is InChI=1S/C21H25N3O5S2/c1-15(2)10-12-30-20-9-4-16(14-19(20)24(26)27)21(25)22-17-5-7-18(8-6-17)23-11-3-13-31(23,28)29/h4-9,14-15H,3,10-13H2,1-2H3,(H,22,25). The van der Waals surface area contributed by atoms with E-state index >= 15 is 0 Å². The molecule has 0 saturated carbocycles. The highest BCUT2D eigenvalue weighted by molar-refractivity contribution is 7.99. The lowest BCUT2D eigenvalue weighted by Gasteiger charge is -2.17. The van der Waals surface area contributed by atoms with Gasteiger partial charge in [0.05, 0.1) is 21.3 Å². The van der Waals surface area contributed by atoms with Crippen LogP contribution in [-0.4, -0.2) is 37.3 Å². The minimum atomic E-state index is -3.27. The molecular formula is C21H25N3O5S2. The molecule has 31 heavy (non-hydrogen) atoms. The lowest BCUT2D eigenvalue weighted by atomic mass is 10.2. The number of nitro benzene ring substituents is 1. The van der Waals surface area contributed by atoms with Crippen LogP contribution in [0.15, 0.2) is 47.4 Å². The van der Waals surface area contributed by atoms with Crippen LogP contribution in [0.4, 0.5) is 17.1 Å². The smallest absolute Gasteiger partial charge is 0.283 e. The Bertz CT molecular complexity index is 1070. The summed E-state index contributed by atoms with van der Waals surface area (Å²) in [6.45, 7) is 4.64. The highest BCUT2D eigenvalue weighted by atomic mass is 32.2. The Morgan fingerprint density at radius 3 is 2.52 bits per heavy atom. The molecule has 1 heterocycles. The van der Waals surface area contributed by atoms with Crippen LogP contribution in [0.1, 0.15) is 37.0 Å². The van der Waals surface area contributed by atoms with E-state index < -0.39 is 20.9 Å². The molecule has 1 amide bonds. The van der Waals surface area contributed by atoms with Crippen LogP contribution in [0.3, 0.4) is 0 Å². The van der Waals surface area contributed by atoms with E-state index in [1.54, 1.807) is 36.4 Å². The number of nitrogens with zero attached hydrogens (tertiary/aromatic N) is 2. The first kappa shape index (κ1) is 23.1. The van der Waals surface area contributed by atoms with Gasteiger partial charge in [-0.2, -0.15) is 0 Å². The second kappa shape index (κ2) is 9.69. The van der Waals surface area contributed by atoms with Gasteiger partial charge in [0.15, 0.2) is 0 Å². The second-order valence-corrected chi connectivity index (χ2v) is 10.9. The molecular weight excluding hydrogens is 438 g/mol. The number of amides is 1. The maximum absolute atomic E-state index is 12.6. The van der Waals surface area contributed by atoms with Crippen molar-refractivity contribution in [3.8, 4) is 0 Å². The molecule has 0 aliphatic carbocycles. The predicted octanol–water partition coefficient (Wildman–Crippen LogP) is 4.53. The molecule has 0 spiro atoms. The summed E-state index contributed by atoms with van der Waals surface area (Å²) in [5.41, 5.74) is 1.12. The van der Waals surface area contributed by atoms with Crippen LogP contribution in [0.5, 0.6) is 0 Å². The monoisotopic (exact) mass is 463 g/mol. The molecule has 1 aliphatic rings. The topological polar surface area (TPSA) is 110 Å². The van der Waals surface area contributed by atoms with Crippen molar-refractivity contribution in [1.82, 2.24) is 0 Å². The number of nitro groups is 1. The molecule has 1 N–H and O–H groups in total. The number of anilines is 2. The summed E-state index contributed by atoms with van der Waals surface area (Å²) in [6.07, 6.45) is 1.53. The Morgan fingerprint density at radius 1 is 1.23 bits per heavy atom. The molecule has 2 aromatic carbocycles. The zero-order chi connectivity index (χ0) is 22.6. The molecule has 0 radical (unpaired) electrons. The van der Waals surface area contributed by atoms with Crippen molar-refractivity contribution in [1.29, 1.82) is 0 Å². The summed E-state index contributed by atoms with van der Waals surface area (Å²) in [6, 6.07) is 11.0. The summed E-state index contributed by atoms with van der Waals surface area (Å²) in [4.78, 5) is 24.1. The number of sulfonamides is 1. The zero-order valence-corrected chi connectivity index (χ0v) is 19.0. The normalized spacial score (nSPS) is 15.3. The van der Waals surface area contributed by atoms with E-state index in [9.17, 15) is 23.3 Å². The van der Waals surface area contributed by atoms with E-state index in [0.29, 0.717) is 35.2 Å². The molecule has 0 bridgehead atoms. The van der Waals surface area contributed by atoms with Crippen molar-refractivity contribution in [2.45, 2.75) is 31.6 Å². The first-order chi connectivity index (χ1) is 14.7. The van der Waals surface area contributed by atoms with Crippen molar-refractivity contribution in [3.63, 3.8) is 0 Å². The van der Waals surface area contributed by atoms with Gasteiger partial charge >= 0.3 is 0 Å². The van der Waals surface area contributed by atoms with Gasteiger partial charge in [-0.25, -0.2) is 8.42 Å². The van der Waals surface area contributed by atoms with Crippen molar-refractivity contribution >= 4 is 44.8 Å². The number of carbonyl (C=O) groups excluding carboxylic acids is 1. The Labute approximate surface area is 186 Å². The van der Waals surface area contributed by atoms with Crippen molar-refractivity contribution in [2.75, 3.05) is 27.7 Å². The van der Waals surface area contributed by atoms with E-state index in [0.717, 1.165) is 12.2 Å². The first-order valence-corrected chi connectivity index (χ1v) is 12.6. The zero-order valence-electron chi connectivity index (χ0n) is 17.4. The highest BCUT2D eigenvalue weighted by Crippen LogP contribution is 2.31. The van der Waals surface area contributed by atoms with Crippen molar-refractivity contribution in [3.05, 3.63) is 58.1 Å². The fourth-order valence-corrected chi connectivity index (χ4v) is 5.99. The maximum atomic E-state index is 12.6. The van der Waals surface area contributed by atoms with E-state index in [4.69, 9.17) is 0 Å². The summed E-state index contributed by atoms with van der Waals surface area (Å²) in [5.74, 6) is 0.941. The number of rotatable bonds is 8. The third kappa shape index (κ3) is 5.76. The SMILES string of the molecule is CC(C)CCSc1ccc(C(=O)Nc2ccc(N3CCCS3(=O)=O)cc2)cc1[N+](=O)[O-].